The van der Waals surface area contributed by atoms with Gasteiger partial charge in [-0.2, -0.15) is 0 Å². The number of fused-ring (bicyclic) bond motifs is 1. The lowest BCUT2D eigenvalue weighted by Gasteiger charge is -2.29. The first kappa shape index (κ1) is 8.85. The second-order valence-corrected chi connectivity index (χ2v) is 4.10. The molecule has 0 aromatic rings. The maximum atomic E-state index is 11.5. The molecule has 13 heavy (non-hydrogen) atoms. The van der Waals surface area contributed by atoms with E-state index >= 15 is 0 Å². The summed E-state index contributed by atoms with van der Waals surface area (Å²) in [6.45, 7) is 3.05. The molecule has 74 valence electrons. The summed E-state index contributed by atoms with van der Waals surface area (Å²) in [7, 11) is 0. The Morgan fingerprint density at radius 3 is 3.00 bits per heavy atom. The number of carbonyl (C=O) groups is 1. The molecule has 1 saturated heterocycles. The Bertz CT molecular complexity index is 205. The fourth-order valence-electron chi connectivity index (χ4n) is 2.55. The zero-order valence-electron chi connectivity index (χ0n) is 8.25. The van der Waals surface area contributed by atoms with Crippen molar-refractivity contribution in [2.24, 2.45) is 0 Å². The summed E-state index contributed by atoms with van der Waals surface area (Å²) >= 11 is 0. The van der Waals surface area contributed by atoms with Crippen LogP contribution in [0.2, 0.25) is 0 Å². The Hall–Kier alpha value is -0.730. The first-order valence-corrected chi connectivity index (χ1v) is 5.40. The molecule has 1 N–H and O–H groups in total. The van der Waals surface area contributed by atoms with Crippen molar-refractivity contribution in [1.82, 2.24) is 10.2 Å². The number of carbonyl (C=O) groups excluding carboxylic acids is 1. The summed E-state index contributed by atoms with van der Waals surface area (Å²) < 4.78 is 0. The molecule has 1 aliphatic heterocycles. The van der Waals surface area contributed by atoms with Crippen LogP contribution in [0.5, 0.6) is 0 Å². The Kier molecular flexibility index (Phi) is 2.42. The van der Waals surface area contributed by atoms with Crippen molar-refractivity contribution in [1.29, 1.82) is 0 Å². The standard InChI is InChI=1S/C10H18N2O/c1-2-7-12-9-6-4-3-5-8(9)11-10(12)13/h8-9H,2-7H2,1H3,(H,11,13). The Morgan fingerprint density at radius 1 is 1.46 bits per heavy atom. The molecular formula is C10H18N2O. The third-order valence-corrected chi connectivity index (χ3v) is 3.16. The van der Waals surface area contributed by atoms with Gasteiger partial charge in [-0.3, -0.25) is 0 Å². The van der Waals surface area contributed by atoms with Gasteiger partial charge in [0.2, 0.25) is 0 Å². The van der Waals surface area contributed by atoms with E-state index in [1.165, 1.54) is 25.7 Å². The minimum atomic E-state index is 0.166. The van der Waals surface area contributed by atoms with Crippen molar-refractivity contribution in [2.45, 2.75) is 51.1 Å². The van der Waals surface area contributed by atoms with Gasteiger partial charge in [-0.15, -0.1) is 0 Å². The molecule has 0 aromatic carbocycles. The summed E-state index contributed by atoms with van der Waals surface area (Å²) in [4.78, 5) is 13.6. The average molecular weight is 182 g/mol. The molecule has 3 nitrogen and oxygen atoms in total. The second-order valence-electron chi connectivity index (χ2n) is 4.10. The second kappa shape index (κ2) is 3.56. The van der Waals surface area contributed by atoms with Gasteiger partial charge in [0.25, 0.3) is 0 Å². The van der Waals surface area contributed by atoms with Gasteiger partial charge in [-0.25, -0.2) is 4.79 Å². The van der Waals surface area contributed by atoms with Gasteiger partial charge in [0.1, 0.15) is 0 Å². The number of amides is 2. The van der Waals surface area contributed by atoms with Crippen LogP contribution in [0.4, 0.5) is 4.79 Å². The normalized spacial score (nSPS) is 33.0. The van der Waals surface area contributed by atoms with E-state index in [2.05, 4.69) is 12.2 Å². The zero-order valence-corrected chi connectivity index (χ0v) is 8.25. The van der Waals surface area contributed by atoms with Crippen molar-refractivity contribution in [3.8, 4) is 0 Å². The molecule has 0 spiro atoms. The van der Waals surface area contributed by atoms with Crippen LogP contribution in [0.15, 0.2) is 0 Å². The van der Waals surface area contributed by atoms with Gasteiger partial charge in [-0.05, 0) is 19.3 Å². The molecule has 0 bridgehead atoms. The molecule has 2 fully saturated rings. The zero-order chi connectivity index (χ0) is 9.26. The monoisotopic (exact) mass is 182 g/mol. The Morgan fingerprint density at radius 2 is 2.23 bits per heavy atom. The van der Waals surface area contributed by atoms with E-state index in [-0.39, 0.29) is 6.03 Å². The van der Waals surface area contributed by atoms with Crippen LogP contribution < -0.4 is 5.32 Å². The lowest BCUT2D eigenvalue weighted by molar-refractivity contribution is 0.191. The van der Waals surface area contributed by atoms with Crippen LogP contribution in [0.3, 0.4) is 0 Å². The fourth-order valence-corrected chi connectivity index (χ4v) is 2.55. The summed E-state index contributed by atoms with van der Waals surface area (Å²) in [5.41, 5.74) is 0. The smallest absolute Gasteiger partial charge is 0.318 e. The molecule has 2 unspecified atom stereocenters. The molecule has 2 aliphatic rings. The third kappa shape index (κ3) is 1.52. The van der Waals surface area contributed by atoms with Crippen LogP contribution in [-0.2, 0) is 0 Å². The van der Waals surface area contributed by atoms with Crippen LogP contribution in [0.25, 0.3) is 0 Å². The van der Waals surface area contributed by atoms with Gasteiger partial charge in [-0.1, -0.05) is 19.8 Å². The highest BCUT2D eigenvalue weighted by atomic mass is 16.2. The van der Waals surface area contributed by atoms with Crippen molar-refractivity contribution in [3.63, 3.8) is 0 Å². The molecule has 2 amide bonds. The molecular weight excluding hydrogens is 164 g/mol. The van der Waals surface area contributed by atoms with Gasteiger partial charge >= 0.3 is 6.03 Å². The minimum absolute atomic E-state index is 0.166. The minimum Gasteiger partial charge on any atom is -0.333 e. The highest BCUT2D eigenvalue weighted by Crippen LogP contribution is 2.27. The first-order valence-electron chi connectivity index (χ1n) is 5.40. The first-order chi connectivity index (χ1) is 6.33. The Balaban J connectivity index is 2.04. The van der Waals surface area contributed by atoms with E-state index < -0.39 is 0 Å². The van der Waals surface area contributed by atoms with E-state index in [1.807, 2.05) is 4.90 Å². The summed E-state index contributed by atoms with van der Waals surface area (Å²) in [6.07, 6.45) is 6.01. The topological polar surface area (TPSA) is 32.3 Å². The number of hydrogen-bond donors (Lipinski definition) is 1. The molecule has 1 aliphatic carbocycles. The van der Waals surface area contributed by atoms with Gasteiger partial charge in [0.15, 0.2) is 0 Å². The SMILES string of the molecule is CCCN1C(=O)NC2CCCCC21. The highest BCUT2D eigenvalue weighted by molar-refractivity contribution is 5.77. The van der Waals surface area contributed by atoms with E-state index in [9.17, 15) is 4.79 Å². The van der Waals surface area contributed by atoms with Crippen molar-refractivity contribution in [2.75, 3.05) is 6.54 Å². The van der Waals surface area contributed by atoms with Gasteiger partial charge < -0.3 is 10.2 Å². The quantitative estimate of drug-likeness (QED) is 0.693. The van der Waals surface area contributed by atoms with Crippen molar-refractivity contribution >= 4 is 6.03 Å². The van der Waals surface area contributed by atoms with Crippen molar-refractivity contribution < 1.29 is 4.79 Å². The van der Waals surface area contributed by atoms with Crippen LogP contribution in [0, 0.1) is 0 Å². The largest absolute Gasteiger partial charge is 0.333 e. The predicted octanol–water partition coefficient (Wildman–Crippen LogP) is 1.73. The Labute approximate surface area is 79.5 Å². The van der Waals surface area contributed by atoms with Crippen LogP contribution >= 0.6 is 0 Å². The number of nitrogens with zero attached hydrogens (tertiary/aromatic N) is 1. The number of rotatable bonds is 2. The summed E-state index contributed by atoms with van der Waals surface area (Å²) in [6, 6.07) is 1.12. The molecule has 3 heteroatoms. The molecule has 2 rings (SSSR count). The highest BCUT2D eigenvalue weighted by Gasteiger charge is 2.39. The molecule has 0 radical (unpaired) electrons. The van der Waals surface area contributed by atoms with E-state index in [0.29, 0.717) is 12.1 Å². The maximum Gasteiger partial charge on any atom is 0.318 e. The van der Waals surface area contributed by atoms with E-state index in [1.54, 1.807) is 0 Å². The predicted molar refractivity (Wildman–Crippen MR) is 51.6 cm³/mol. The van der Waals surface area contributed by atoms with Crippen molar-refractivity contribution in [3.05, 3.63) is 0 Å². The average Bonchev–Trinajstić information content (AvgIpc) is 2.44. The lowest BCUT2D eigenvalue weighted by atomic mass is 9.91. The van der Waals surface area contributed by atoms with Crippen LogP contribution in [-0.4, -0.2) is 29.6 Å². The molecule has 0 aromatic heterocycles. The summed E-state index contributed by atoms with van der Waals surface area (Å²) in [5, 5.41) is 3.08. The number of urea groups is 1. The van der Waals surface area contributed by atoms with Crippen LogP contribution in [0.1, 0.15) is 39.0 Å². The van der Waals surface area contributed by atoms with E-state index in [4.69, 9.17) is 0 Å². The third-order valence-electron chi connectivity index (χ3n) is 3.16. The fraction of sp³-hybridized carbons (Fsp3) is 0.900. The van der Waals surface area contributed by atoms with Gasteiger partial charge in [0, 0.05) is 6.54 Å². The number of hydrogen-bond acceptors (Lipinski definition) is 1. The molecule has 1 heterocycles. The van der Waals surface area contributed by atoms with Gasteiger partial charge in [0.05, 0.1) is 12.1 Å². The molecule has 1 saturated carbocycles. The molecule has 2 atom stereocenters. The number of nitrogens with one attached hydrogen (secondary N) is 1. The summed E-state index contributed by atoms with van der Waals surface area (Å²) in [5.74, 6) is 0. The van der Waals surface area contributed by atoms with E-state index in [0.717, 1.165) is 13.0 Å². The lowest BCUT2D eigenvalue weighted by Crippen LogP contribution is -2.39. The maximum absolute atomic E-state index is 11.5.